The molecule has 2 atom stereocenters. The molecule has 2 unspecified atom stereocenters. The van der Waals surface area contributed by atoms with E-state index in [2.05, 4.69) is 23.6 Å². The van der Waals surface area contributed by atoms with Crippen LogP contribution in [0, 0.1) is 26.7 Å². The Morgan fingerprint density at radius 1 is 0.812 bits per heavy atom. The van der Waals surface area contributed by atoms with Crippen molar-refractivity contribution in [3.05, 3.63) is 124 Å². The average Bonchev–Trinajstić information content (AvgIpc) is 3.55. The molecule has 0 spiro atoms. The number of para-hydroxylation sites is 1. The zero-order chi connectivity index (χ0) is 46.9. The molecule has 1 aromatic heterocycles. The lowest BCUT2D eigenvalue weighted by molar-refractivity contribution is -0.342. The van der Waals surface area contributed by atoms with Crippen LogP contribution in [0.4, 0.5) is 35.1 Å². The summed E-state index contributed by atoms with van der Waals surface area (Å²) < 4.78 is 118. The second kappa shape index (κ2) is 18.7. The summed E-state index contributed by atoms with van der Waals surface area (Å²) in [5, 5.41) is 18.9. The minimum Gasteiger partial charge on any atom is -0.486 e. The number of Topliss-reactive ketones (excluding diaryl/α,β-unsaturated/α-hetero) is 1. The van der Waals surface area contributed by atoms with Crippen LogP contribution in [-0.2, 0) is 16.2 Å². The summed E-state index contributed by atoms with van der Waals surface area (Å²) in [6.07, 6.45) is -2.32. The number of aliphatic hydroxyl groups excluding tert-OH is 1. The lowest BCUT2D eigenvalue weighted by Crippen LogP contribution is -2.59. The second-order valence-corrected chi connectivity index (χ2v) is 16.2. The number of ketones is 1. The molecule has 1 N–H and O–H groups in total. The third-order valence-corrected chi connectivity index (χ3v) is 11.6. The summed E-state index contributed by atoms with van der Waals surface area (Å²) in [5.41, 5.74) is 4.54. The highest BCUT2D eigenvalue weighted by Crippen LogP contribution is 2.49. The van der Waals surface area contributed by atoms with Crippen molar-refractivity contribution in [1.82, 2.24) is 4.57 Å². The van der Waals surface area contributed by atoms with Gasteiger partial charge in [0.1, 0.15) is 11.9 Å². The predicted molar refractivity (Wildman–Crippen MR) is 230 cm³/mol. The molecule has 7 nitrogen and oxygen atoms in total. The molecular formula is C49H48F8N2O5. The summed E-state index contributed by atoms with van der Waals surface area (Å²) in [4.78, 5) is 31.4. The number of benzene rings is 5. The van der Waals surface area contributed by atoms with E-state index < -0.39 is 65.7 Å². The molecule has 0 saturated heterocycles. The number of alkyl halides is 8. The number of aryl methyl sites for hydroxylation is 3. The molecule has 15 heteroatoms. The molecule has 0 aliphatic heterocycles. The van der Waals surface area contributed by atoms with E-state index in [0.29, 0.717) is 22.9 Å². The average molecular weight is 897 g/mol. The lowest BCUT2D eigenvalue weighted by Gasteiger charge is -2.32. The van der Waals surface area contributed by atoms with Crippen molar-refractivity contribution < 1.29 is 59.4 Å². The van der Waals surface area contributed by atoms with Crippen molar-refractivity contribution in [2.45, 2.75) is 104 Å². The van der Waals surface area contributed by atoms with Crippen molar-refractivity contribution in [1.29, 1.82) is 0 Å². The maximum atomic E-state index is 14.6. The number of hydrogen-bond acceptors (Lipinski definition) is 6. The van der Waals surface area contributed by atoms with Crippen LogP contribution in [0.3, 0.4) is 0 Å². The normalized spacial score (nSPS) is 13.8. The molecular weight excluding hydrogens is 849 g/mol. The predicted octanol–water partition coefficient (Wildman–Crippen LogP) is 12.9. The van der Waals surface area contributed by atoms with Crippen LogP contribution in [0.1, 0.15) is 96.3 Å². The van der Waals surface area contributed by atoms with E-state index >= 15 is 0 Å². The number of halogens is 8. The van der Waals surface area contributed by atoms with Gasteiger partial charge in [0.05, 0.1) is 5.52 Å². The first kappa shape index (κ1) is 47.6. The van der Waals surface area contributed by atoms with Crippen LogP contribution in [-0.4, -0.2) is 57.9 Å². The quantitative estimate of drug-likeness (QED) is 0.0305. The summed E-state index contributed by atoms with van der Waals surface area (Å²) in [5.74, 6) is -21.3. The highest BCUT2D eigenvalue weighted by molar-refractivity contribution is 6.52. The van der Waals surface area contributed by atoms with Crippen LogP contribution in [0.5, 0.6) is 5.75 Å². The minimum absolute atomic E-state index is 0.0563. The minimum atomic E-state index is -6.55. The zero-order valence-electron chi connectivity index (χ0n) is 36.1. The second-order valence-electron chi connectivity index (χ2n) is 16.2. The van der Waals surface area contributed by atoms with E-state index in [4.69, 9.17) is 9.57 Å². The number of rotatable bonds is 18. The van der Waals surface area contributed by atoms with Gasteiger partial charge in [0.25, 0.3) is 0 Å². The third-order valence-electron chi connectivity index (χ3n) is 11.6. The summed E-state index contributed by atoms with van der Waals surface area (Å²) >= 11 is 0. The highest BCUT2D eigenvalue weighted by Gasteiger charge is 2.75. The van der Waals surface area contributed by atoms with Crippen LogP contribution < -0.4 is 4.74 Å². The Hall–Kier alpha value is -5.83. The van der Waals surface area contributed by atoms with E-state index in [9.17, 15) is 49.8 Å². The van der Waals surface area contributed by atoms with Gasteiger partial charge in [-0.15, -0.1) is 0 Å². The van der Waals surface area contributed by atoms with E-state index in [0.717, 1.165) is 88.8 Å². The molecule has 5 aromatic carbocycles. The fourth-order valence-electron chi connectivity index (χ4n) is 8.39. The molecule has 0 radical (unpaired) electrons. The van der Waals surface area contributed by atoms with Gasteiger partial charge in [0, 0.05) is 46.3 Å². The van der Waals surface area contributed by atoms with Gasteiger partial charge in [-0.25, -0.2) is 13.6 Å². The van der Waals surface area contributed by atoms with E-state index in [1.165, 1.54) is 18.2 Å². The number of carbonyl (C=O) groups is 2. The van der Waals surface area contributed by atoms with Crippen molar-refractivity contribution in [2.24, 2.45) is 11.1 Å². The van der Waals surface area contributed by atoms with Gasteiger partial charge in [-0.3, -0.25) is 4.79 Å². The van der Waals surface area contributed by atoms with E-state index in [1.54, 1.807) is 12.1 Å². The molecule has 6 aromatic rings. The largest absolute Gasteiger partial charge is 0.486 e. The number of hydrogen-bond donors (Lipinski definition) is 1. The Balaban J connectivity index is 1.54. The molecule has 0 fully saturated rings. The monoisotopic (exact) mass is 896 g/mol. The van der Waals surface area contributed by atoms with Crippen molar-refractivity contribution in [2.75, 3.05) is 6.61 Å². The Morgan fingerprint density at radius 3 is 2.08 bits per heavy atom. The standard InChI is InChI=1S/C49H48F8N2O5/c1-7-9-14-31(8-2)25-59-39-20-19-32(23-36(39)37-24-38(33-15-10-11-16-34(33)43(37)59)45(62)41-28(4)21-27(3)22-29(41)5)44(61)42(58-64-30(6)60)35-17-12-13-18-40(35)63-26-47(52,53)49(56,57)48(54,55)46(50)51/h10-13,15-24,31,45-46,62H,7-9,14,25-26H2,1-6H3/b58-42+. The Bertz CT molecular complexity index is 2720. The number of aromatic nitrogens is 1. The Kier molecular flexibility index (Phi) is 13.9. The number of unbranched alkanes of at least 4 members (excludes halogenated alkanes) is 1. The molecule has 340 valence electrons. The van der Waals surface area contributed by atoms with Crippen molar-refractivity contribution in [3.63, 3.8) is 0 Å². The number of nitrogens with zero attached hydrogens (tertiary/aromatic N) is 2. The first-order chi connectivity index (χ1) is 30.2. The van der Waals surface area contributed by atoms with Gasteiger partial charge in [-0.2, -0.15) is 26.3 Å². The fraction of sp³-hybridized carbons (Fsp3) is 0.367. The van der Waals surface area contributed by atoms with E-state index in [1.807, 2.05) is 63.2 Å². The van der Waals surface area contributed by atoms with Crippen LogP contribution in [0.15, 0.2) is 90.1 Å². The molecule has 0 saturated carbocycles. The number of ether oxygens (including phenoxy) is 1. The smallest absolute Gasteiger partial charge is 0.381 e. The fourth-order valence-corrected chi connectivity index (χ4v) is 8.39. The maximum Gasteiger partial charge on any atom is 0.381 e. The van der Waals surface area contributed by atoms with Gasteiger partial charge in [-0.05, 0) is 97.1 Å². The van der Waals surface area contributed by atoms with Crippen LogP contribution in [0.25, 0.3) is 32.6 Å². The molecule has 1 heterocycles. The molecule has 0 bridgehead atoms. The highest BCUT2D eigenvalue weighted by atomic mass is 19.4. The van der Waals surface area contributed by atoms with Crippen molar-refractivity contribution in [3.8, 4) is 5.75 Å². The van der Waals surface area contributed by atoms with Gasteiger partial charge >= 0.3 is 30.2 Å². The van der Waals surface area contributed by atoms with Gasteiger partial charge < -0.3 is 19.2 Å². The Morgan fingerprint density at radius 2 is 1.45 bits per heavy atom. The van der Waals surface area contributed by atoms with E-state index in [-0.39, 0.29) is 11.5 Å². The topological polar surface area (TPSA) is 90.1 Å². The first-order valence-electron chi connectivity index (χ1n) is 20.8. The van der Waals surface area contributed by atoms with Gasteiger partial charge in [-0.1, -0.05) is 92.4 Å². The summed E-state index contributed by atoms with van der Waals surface area (Å²) in [6, 6.07) is 22.9. The van der Waals surface area contributed by atoms with Gasteiger partial charge in [0.2, 0.25) is 5.78 Å². The lowest BCUT2D eigenvalue weighted by atomic mass is 9.88. The maximum absolute atomic E-state index is 14.6. The molecule has 6 rings (SSSR count). The number of fused-ring (bicyclic) bond motifs is 5. The van der Waals surface area contributed by atoms with Crippen LogP contribution in [0.2, 0.25) is 0 Å². The van der Waals surface area contributed by atoms with Gasteiger partial charge in [0.15, 0.2) is 12.3 Å². The third kappa shape index (κ3) is 8.96. The van der Waals surface area contributed by atoms with Crippen LogP contribution >= 0.6 is 0 Å². The molecule has 0 amide bonds. The SMILES string of the molecule is CCCCC(CC)Cn1c2ccc(C(=O)/C(=N/OC(C)=O)c3ccccc3OCC(F)(F)C(F)(F)C(F)(F)C(F)F)cc2c2cc(C(O)c3c(C)cc(C)cc3C)c3ccccc3c21. The number of oxime groups is 1. The Labute approximate surface area is 364 Å². The van der Waals surface area contributed by atoms with Crippen molar-refractivity contribution >= 4 is 50.0 Å². The molecule has 0 aliphatic rings. The summed E-state index contributed by atoms with van der Waals surface area (Å²) in [6.45, 7) is 9.17. The molecule has 64 heavy (non-hydrogen) atoms. The zero-order valence-corrected chi connectivity index (χ0v) is 36.1. The summed E-state index contributed by atoms with van der Waals surface area (Å²) in [7, 11) is 0. The molecule has 0 aliphatic carbocycles. The number of aliphatic hydroxyl groups is 1. The number of carbonyl (C=O) groups excluding carboxylic acids is 2. The first-order valence-corrected chi connectivity index (χ1v) is 20.8.